The molecule has 0 aliphatic heterocycles. The fourth-order valence-corrected chi connectivity index (χ4v) is 3.96. The van der Waals surface area contributed by atoms with E-state index in [9.17, 15) is 17.6 Å². The number of amides is 1. The van der Waals surface area contributed by atoms with Crippen LogP contribution < -0.4 is 10.5 Å². The van der Waals surface area contributed by atoms with E-state index in [-0.39, 0.29) is 23.0 Å². The molecule has 0 spiro atoms. The second kappa shape index (κ2) is 9.14. The van der Waals surface area contributed by atoms with Crippen LogP contribution in [0, 0.1) is 5.82 Å². The molecule has 1 heterocycles. The quantitative estimate of drug-likeness (QED) is 0.428. The van der Waals surface area contributed by atoms with E-state index in [2.05, 4.69) is 10.4 Å². The van der Waals surface area contributed by atoms with E-state index in [4.69, 9.17) is 16.7 Å². The normalized spacial score (nSPS) is 11.4. The molecule has 33 heavy (non-hydrogen) atoms. The van der Waals surface area contributed by atoms with Gasteiger partial charge in [0.25, 0.3) is 0 Å². The molecule has 0 fully saturated rings. The van der Waals surface area contributed by atoms with Gasteiger partial charge in [-0.15, -0.1) is 0 Å². The van der Waals surface area contributed by atoms with E-state index in [0.29, 0.717) is 33.3 Å². The molecule has 168 valence electrons. The van der Waals surface area contributed by atoms with Crippen LogP contribution in [-0.2, 0) is 21.2 Å². The third-order valence-electron chi connectivity index (χ3n) is 4.76. The van der Waals surface area contributed by atoms with E-state index in [1.165, 1.54) is 24.3 Å². The van der Waals surface area contributed by atoms with Gasteiger partial charge < -0.3 is 5.32 Å². The summed E-state index contributed by atoms with van der Waals surface area (Å²) in [6.45, 7) is 0. The number of halogens is 2. The van der Waals surface area contributed by atoms with Gasteiger partial charge in [0.15, 0.2) is 0 Å². The first kappa shape index (κ1) is 22.7. The lowest BCUT2D eigenvalue weighted by molar-refractivity contribution is -0.115. The van der Waals surface area contributed by atoms with E-state index >= 15 is 0 Å². The van der Waals surface area contributed by atoms with Crippen LogP contribution in [0.3, 0.4) is 0 Å². The topological polar surface area (TPSA) is 107 Å². The Hall–Kier alpha value is -3.53. The minimum Gasteiger partial charge on any atom is -0.326 e. The third-order valence-corrected chi connectivity index (χ3v) is 5.92. The number of hydrogen-bond donors (Lipinski definition) is 2. The summed E-state index contributed by atoms with van der Waals surface area (Å²) in [4.78, 5) is 12.5. The molecule has 0 saturated carbocycles. The van der Waals surface area contributed by atoms with Crippen molar-refractivity contribution >= 4 is 33.2 Å². The van der Waals surface area contributed by atoms with Gasteiger partial charge in [-0.3, -0.25) is 4.79 Å². The van der Waals surface area contributed by atoms with E-state index in [0.717, 1.165) is 0 Å². The molecule has 0 unspecified atom stereocenters. The molecule has 1 amide bonds. The monoisotopic (exact) mass is 484 g/mol. The predicted molar refractivity (Wildman–Crippen MR) is 124 cm³/mol. The molecule has 0 aliphatic carbocycles. The van der Waals surface area contributed by atoms with Crippen molar-refractivity contribution in [1.29, 1.82) is 0 Å². The van der Waals surface area contributed by atoms with Gasteiger partial charge in [-0.25, -0.2) is 22.6 Å². The first-order valence-electron chi connectivity index (χ1n) is 9.72. The lowest BCUT2D eigenvalue weighted by Crippen LogP contribution is -2.15. The summed E-state index contributed by atoms with van der Waals surface area (Å²) in [6.07, 6.45) is -0.0248. The third kappa shape index (κ3) is 5.46. The number of primary sulfonamides is 1. The van der Waals surface area contributed by atoms with Crippen LogP contribution in [0.25, 0.3) is 16.9 Å². The van der Waals surface area contributed by atoms with Crippen molar-refractivity contribution in [3.8, 4) is 16.9 Å². The first-order chi connectivity index (χ1) is 15.7. The number of nitrogens with two attached hydrogens (primary N) is 1. The fraction of sp³-hybridized carbons (Fsp3) is 0.0435. The second-order valence-corrected chi connectivity index (χ2v) is 9.21. The van der Waals surface area contributed by atoms with Gasteiger partial charge >= 0.3 is 0 Å². The van der Waals surface area contributed by atoms with Crippen molar-refractivity contribution in [3.05, 3.63) is 95.4 Å². The highest BCUT2D eigenvalue weighted by molar-refractivity contribution is 7.89. The van der Waals surface area contributed by atoms with Crippen molar-refractivity contribution < 1.29 is 17.6 Å². The van der Waals surface area contributed by atoms with Crippen LogP contribution in [0.1, 0.15) is 5.69 Å². The average Bonchev–Trinajstić information content (AvgIpc) is 3.17. The van der Waals surface area contributed by atoms with Crippen LogP contribution >= 0.6 is 11.6 Å². The summed E-state index contributed by atoms with van der Waals surface area (Å²) < 4.78 is 38.1. The predicted octanol–water partition coefficient (Wildman–Crippen LogP) is 4.16. The molecule has 0 bridgehead atoms. The molecule has 7 nitrogen and oxygen atoms in total. The Morgan fingerprint density at radius 2 is 1.73 bits per heavy atom. The molecule has 10 heteroatoms. The molecule has 0 aliphatic rings. The molecule has 0 saturated heterocycles. The summed E-state index contributed by atoms with van der Waals surface area (Å²) in [6, 6.07) is 20.2. The van der Waals surface area contributed by atoms with Gasteiger partial charge in [0.1, 0.15) is 5.82 Å². The number of nitrogens with one attached hydrogen (secondary N) is 1. The largest absolute Gasteiger partial charge is 0.326 e. The van der Waals surface area contributed by atoms with Crippen LogP contribution in [0.2, 0.25) is 5.02 Å². The molecule has 0 radical (unpaired) electrons. The van der Waals surface area contributed by atoms with Gasteiger partial charge in [0, 0.05) is 16.3 Å². The number of aromatic nitrogens is 2. The number of benzene rings is 3. The number of carbonyl (C=O) groups excluding carboxylic acids is 1. The zero-order chi connectivity index (χ0) is 23.6. The van der Waals surface area contributed by atoms with Crippen molar-refractivity contribution in [2.45, 2.75) is 11.3 Å². The second-order valence-electron chi connectivity index (χ2n) is 7.21. The SMILES string of the molecule is NS(=O)(=O)c1ccc(-n2nc(CC(=O)Nc3cccc(Cl)c3)cc2-c2ccc(F)cc2)cc1. The minimum atomic E-state index is -3.85. The van der Waals surface area contributed by atoms with Gasteiger partial charge in [-0.05, 0) is 72.8 Å². The van der Waals surface area contributed by atoms with Crippen LogP contribution in [0.15, 0.2) is 83.8 Å². The Bertz CT molecular complexity index is 1420. The molecular formula is C23H18ClFN4O3S. The number of rotatable bonds is 6. The number of carbonyl (C=O) groups is 1. The maximum absolute atomic E-state index is 13.4. The van der Waals surface area contributed by atoms with E-state index in [1.807, 2.05) is 0 Å². The van der Waals surface area contributed by atoms with Gasteiger partial charge in [0.2, 0.25) is 15.9 Å². The van der Waals surface area contributed by atoms with Crippen molar-refractivity contribution in [2.24, 2.45) is 5.14 Å². The summed E-state index contributed by atoms with van der Waals surface area (Å²) in [5.74, 6) is -0.680. The van der Waals surface area contributed by atoms with E-state index < -0.39 is 10.0 Å². The van der Waals surface area contributed by atoms with Crippen LogP contribution in [0.4, 0.5) is 10.1 Å². The highest BCUT2D eigenvalue weighted by atomic mass is 35.5. The number of nitrogens with zero attached hydrogens (tertiary/aromatic N) is 2. The average molecular weight is 485 g/mol. The highest BCUT2D eigenvalue weighted by Gasteiger charge is 2.16. The van der Waals surface area contributed by atoms with E-state index in [1.54, 1.807) is 59.3 Å². The fourth-order valence-electron chi connectivity index (χ4n) is 3.25. The Balaban J connectivity index is 1.68. The summed E-state index contributed by atoms with van der Waals surface area (Å²) in [5, 5.41) is 13.0. The lowest BCUT2D eigenvalue weighted by Gasteiger charge is -2.08. The number of anilines is 1. The zero-order valence-electron chi connectivity index (χ0n) is 17.1. The molecule has 1 aromatic heterocycles. The summed E-state index contributed by atoms with van der Waals surface area (Å²) in [7, 11) is -3.85. The minimum absolute atomic E-state index is 0.0248. The number of sulfonamides is 1. The van der Waals surface area contributed by atoms with Crippen molar-refractivity contribution in [2.75, 3.05) is 5.32 Å². The van der Waals surface area contributed by atoms with Gasteiger partial charge in [-0.2, -0.15) is 5.10 Å². The van der Waals surface area contributed by atoms with Crippen LogP contribution in [-0.4, -0.2) is 24.1 Å². The standard InChI is InChI=1S/C23H18ClFN4O3S/c24-16-2-1-3-18(12-16)27-23(30)14-19-13-22(15-4-6-17(25)7-5-15)29(28-19)20-8-10-21(11-9-20)33(26,31)32/h1-13H,14H2,(H,27,30)(H2,26,31,32). The first-order valence-corrected chi connectivity index (χ1v) is 11.6. The van der Waals surface area contributed by atoms with Crippen LogP contribution in [0.5, 0.6) is 0 Å². The molecule has 0 atom stereocenters. The lowest BCUT2D eigenvalue weighted by atomic mass is 10.1. The summed E-state index contributed by atoms with van der Waals surface area (Å²) in [5.41, 5.74) is 2.83. The summed E-state index contributed by atoms with van der Waals surface area (Å²) >= 11 is 5.96. The molecule has 4 rings (SSSR count). The zero-order valence-corrected chi connectivity index (χ0v) is 18.6. The Morgan fingerprint density at radius 3 is 2.36 bits per heavy atom. The maximum Gasteiger partial charge on any atom is 0.238 e. The van der Waals surface area contributed by atoms with Gasteiger partial charge in [-0.1, -0.05) is 17.7 Å². The Morgan fingerprint density at radius 1 is 1.03 bits per heavy atom. The molecule has 4 aromatic rings. The molecular weight excluding hydrogens is 467 g/mol. The van der Waals surface area contributed by atoms with Crippen molar-refractivity contribution in [3.63, 3.8) is 0 Å². The van der Waals surface area contributed by atoms with Gasteiger partial charge in [0.05, 0.1) is 28.4 Å². The Kier molecular flexibility index (Phi) is 6.28. The highest BCUT2D eigenvalue weighted by Crippen LogP contribution is 2.25. The number of hydrogen-bond acceptors (Lipinski definition) is 4. The maximum atomic E-state index is 13.4. The smallest absolute Gasteiger partial charge is 0.238 e. The Labute approximate surface area is 194 Å². The van der Waals surface area contributed by atoms with Crippen molar-refractivity contribution in [1.82, 2.24) is 9.78 Å². The molecule has 3 aromatic carbocycles. The molecule has 3 N–H and O–H groups in total.